The molecule has 1 N–H and O–H groups in total. The van der Waals surface area contributed by atoms with E-state index in [-0.39, 0.29) is 5.91 Å². The Morgan fingerprint density at radius 2 is 1.67 bits per heavy atom. The first-order valence-electron chi connectivity index (χ1n) is 11.2. The van der Waals surface area contributed by atoms with Crippen molar-refractivity contribution in [3.63, 3.8) is 0 Å². The first kappa shape index (κ1) is 21.5. The maximum Gasteiger partial charge on any atom is 0.251 e. The Morgan fingerprint density at radius 3 is 2.36 bits per heavy atom. The van der Waals surface area contributed by atoms with Gasteiger partial charge >= 0.3 is 0 Å². The molecule has 0 aliphatic heterocycles. The molecule has 1 amide bonds. The maximum atomic E-state index is 12.2. The number of amides is 1. The zero-order valence-electron chi connectivity index (χ0n) is 18.6. The van der Waals surface area contributed by atoms with Gasteiger partial charge in [0, 0.05) is 29.5 Å². The Bertz CT molecular complexity index is 1230. The van der Waals surface area contributed by atoms with E-state index >= 15 is 0 Å². The average Bonchev–Trinajstić information content (AvgIpc) is 3.57. The highest BCUT2D eigenvalue weighted by atomic mass is 32.2. The predicted molar refractivity (Wildman–Crippen MR) is 132 cm³/mol. The van der Waals surface area contributed by atoms with Crippen molar-refractivity contribution in [2.45, 2.75) is 43.1 Å². The van der Waals surface area contributed by atoms with Gasteiger partial charge in [-0.05, 0) is 55.2 Å². The number of hydrogen-bond acceptors (Lipinski definition) is 4. The second kappa shape index (κ2) is 9.63. The first-order valence-corrected chi connectivity index (χ1v) is 12.2. The Balaban J connectivity index is 1.35. The lowest BCUT2D eigenvalue weighted by molar-refractivity contribution is 0.0951. The van der Waals surface area contributed by atoms with E-state index in [1.807, 2.05) is 42.5 Å². The summed E-state index contributed by atoms with van der Waals surface area (Å²) in [5.74, 6) is 1.68. The standard InChI is InChI=1S/C27H26N4OS/c1-19-7-15-24(16-8-19)31-25(17-20-5-3-2-4-6-20)29-30-27(31)33-18-21-9-11-22(12-10-21)26(32)28-23-13-14-23/h2-12,15-16,23H,13-14,17-18H2,1H3,(H,28,32). The third-order valence-electron chi connectivity index (χ3n) is 5.69. The Labute approximate surface area is 198 Å². The van der Waals surface area contributed by atoms with Crippen LogP contribution in [-0.2, 0) is 12.2 Å². The minimum absolute atomic E-state index is 0.0152. The van der Waals surface area contributed by atoms with Crippen molar-refractivity contribution in [2.24, 2.45) is 0 Å². The summed E-state index contributed by atoms with van der Waals surface area (Å²) in [7, 11) is 0. The molecule has 0 spiro atoms. The molecule has 0 saturated heterocycles. The molecule has 0 atom stereocenters. The van der Waals surface area contributed by atoms with Gasteiger partial charge in [-0.15, -0.1) is 10.2 Å². The number of hydrogen-bond donors (Lipinski definition) is 1. The van der Waals surface area contributed by atoms with E-state index in [2.05, 4.69) is 63.4 Å². The molecular formula is C27H26N4OS. The summed E-state index contributed by atoms with van der Waals surface area (Å²) in [6.45, 7) is 2.09. The van der Waals surface area contributed by atoms with Crippen molar-refractivity contribution < 1.29 is 4.79 Å². The molecule has 5 rings (SSSR count). The van der Waals surface area contributed by atoms with Gasteiger partial charge in [-0.25, -0.2) is 0 Å². The molecule has 1 saturated carbocycles. The number of aryl methyl sites for hydroxylation is 1. The Morgan fingerprint density at radius 1 is 0.939 bits per heavy atom. The fraction of sp³-hybridized carbons (Fsp3) is 0.222. The zero-order chi connectivity index (χ0) is 22.6. The van der Waals surface area contributed by atoms with Gasteiger partial charge in [0.05, 0.1) is 0 Å². The fourth-order valence-electron chi connectivity index (χ4n) is 3.64. The van der Waals surface area contributed by atoms with Crippen LogP contribution < -0.4 is 5.32 Å². The molecule has 33 heavy (non-hydrogen) atoms. The summed E-state index contributed by atoms with van der Waals surface area (Å²) in [6, 6.07) is 27.0. The highest BCUT2D eigenvalue weighted by Gasteiger charge is 2.23. The molecule has 1 heterocycles. The van der Waals surface area contributed by atoms with E-state index in [1.54, 1.807) is 11.8 Å². The number of rotatable bonds is 8. The van der Waals surface area contributed by atoms with Gasteiger partial charge in [0.1, 0.15) is 5.82 Å². The lowest BCUT2D eigenvalue weighted by Crippen LogP contribution is -2.25. The molecule has 166 valence electrons. The van der Waals surface area contributed by atoms with Crippen LogP contribution in [0.1, 0.15) is 45.7 Å². The number of aromatic nitrogens is 3. The molecule has 4 aromatic rings. The first-order chi connectivity index (χ1) is 16.2. The van der Waals surface area contributed by atoms with E-state index in [9.17, 15) is 4.79 Å². The molecule has 0 radical (unpaired) electrons. The lowest BCUT2D eigenvalue weighted by Gasteiger charge is -2.11. The van der Waals surface area contributed by atoms with E-state index in [1.165, 1.54) is 11.1 Å². The van der Waals surface area contributed by atoms with Gasteiger partial charge in [0.2, 0.25) is 0 Å². The Kier molecular flexibility index (Phi) is 6.26. The van der Waals surface area contributed by atoms with Gasteiger partial charge in [0.25, 0.3) is 5.91 Å². The van der Waals surface area contributed by atoms with Crippen molar-refractivity contribution in [3.8, 4) is 5.69 Å². The van der Waals surface area contributed by atoms with Crippen LogP contribution in [-0.4, -0.2) is 26.7 Å². The van der Waals surface area contributed by atoms with Crippen LogP contribution >= 0.6 is 11.8 Å². The van der Waals surface area contributed by atoms with Crippen LogP contribution in [0.4, 0.5) is 0 Å². The van der Waals surface area contributed by atoms with Crippen LogP contribution in [0.3, 0.4) is 0 Å². The number of benzene rings is 3. The van der Waals surface area contributed by atoms with Crippen LogP contribution in [0.15, 0.2) is 84.0 Å². The van der Waals surface area contributed by atoms with Gasteiger partial charge in [0.15, 0.2) is 5.16 Å². The van der Waals surface area contributed by atoms with Crippen molar-refractivity contribution in [3.05, 3.63) is 107 Å². The second-order valence-corrected chi connectivity index (χ2v) is 9.41. The average molecular weight is 455 g/mol. The summed E-state index contributed by atoms with van der Waals surface area (Å²) < 4.78 is 2.15. The Hall–Kier alpha value is -3.38. The van der Waals surface area contributed by atoms with Gasteiger partial charge < -0.3 is 5.32 Å². The van der Waals surface area contributed by atoms with Crippen molar-refractivity contribution in [1.29, 1.82) is 0 Å². The topological polar surface area (TPSA) is 59.8 Å². The minimum Gasteiger partial charge on any atom is -0.349 e. The van der Waals surface area contributed by atoms with Crippen LogP contribution in [0, 0.1) is 6.92 Å². The van der Waals surface area contributed by atoms with Gasteiger partial charge in [-0.2, -0.15) is 0 Å². The number of nitrogens with zero attached hydrogens (tertiary/aromatic N) is 3. The minimum atomic E-state index is 0.0152. The summed E-state index contributed by atoms with van der Waals surface area (Å²) >= 11 is 1.65. The monoisotopic (exact) mass is 454 g/mol. The van der Waals surface area contributed by atoms with E-state index in [0.29, 0.717) is 18.0 Å². The third kappa shape index (κ3) is 5.34. The number of thioether (sulfide) groups is 1. The molecule has 1 fully saturated rings. The lowest BCUT2D eigenvalue weighted by atomic mass is 10.1. The summed E-state index contributed by atoms with van der Waals surface area (Å²) in [4.78, 5) is 12.2. The highest BCUT2D eigenvalue weighted by molar-refractivity contribution is 7.98. The number of carbonyl (C=O) groups excluding carboxylic acids is 1. The largest absolute Gasteiger partial charge is 0.349 e. The smallest absolute Gasteiger partial charge is 0.251 e. The normalized spacial score (nSPS) is 13.1. The van der Waals surface area contributed by atoms with Crippen LogP contribution in [0.5, 0.6) is 0 Å². The van der Waals surface area contributed by atoms with Crippen molar-refractivity contribution in [2.75, 3.05) is 0 Å². The molecule has 6 heteroatoms. The summed E-state index contributed by atoms with van der Waals surface area (Å²) in [5.41, 5.74) is 5.34. The van der Waals surface area contributed by atoms with Crippen molar-refractivity contribution >= 4 is 17.7 Å². The summed E-state index contributed by atoms with van der Waals surface area (Å²) in [6.07, 6.45) is 2.90. The summed E-state index contributed by atoms with van der Waals surface area (Å²) in [5, 5.41) is 13.0. The SMILES string of the molecule is Cc1ccc(-n2c(Cc3ccccc3)nnc2SCc2ccc(C(=O)NC3CC3)cc2)cc1. The third-order valence-corrected chi connectivity index (χ3v) is 6.69. The molecular weight excluding hydrogens is 428 g/mol. The quantitative estimate of drug-likeness (QED) is 0.365. The van der Waals surface area contributed by atoms with E-state index in [4.69, 9.17) is 0 Å². The molecule has 1 aliphatic rings. The van der Waals surface area contributed by atoms with E-state index in [0.717, 1.165) is 40.8 Å². The second-order valence-electron chi connectivity index (χ2n) is 8.47. The predicted octanol–water partition coefficient (Wildman–Crippen LogP) is 5.35. The molecule has 5 nitrogen and oxygen atoms in total. The molecule has 0 bridgehead atoms. The molecule has 3 aromatic carbocycles. The maximum absolute atomic E-state index is 12.2. The number of carbonyl (C=O) groups is 1. The highest BCUT2D eigenvalue weighted by Crippen LogP contribution is 2.27. The molecule has 0 unspecified atom stereocenters. The van der Waals surface area contributed by atoms with Crippen molar-refractivity contribution in [1.82, 2.24) is 20.1 Å². The van der Waals surface area contributed by atoms with Crippen LogP contribution in [0.25, 0.3) is 5.69 Å². The number of nitrogens with one attached hydrogen (secondary N) is 1. The molecule has 1 aromatic heterocycles. The fourth-order valence-corrected chi connectivity index (χ4v) is 4.56. The van der Waals surface area contributed by atoms with Gasteiger partial charge in [-0.1, -0.05) is 71.9 Å². The van der Waals surface area contributed by atoms with Gasteiger partial charge in [-0.3, -0.25) is 9.36 Å². The molecule has 1 aliphatic carbocycles. The zero-order valence-corrected chi connectivity index (χ0v) is 19.4. The van der Waals surface area contributed by atoms with Crippen LogP contribution in [0.2, 0.25) is 0 Å². The van der Waals surface area contributed by atoms with E-state index < -0.39 is 0 Å².